The molecule has 0 aromatic carbocycles. The van der Waals surface area contributed by atoms with E-state index in [0.717, 1.165) is 37.4 Å². The highest BCUT2D eigenvalue weighted by molar-refractivity contribution is 7.10. The molecule has 1 aliphatic rings. The topological polar surface area (TPSA) is 41.1 Å². The molecule has 0 spiro atoms. The molecule has 18 heavy (non-hydrogen) atoms. The predicted molar refractivity (Wildman–Crippen MR) is 76.0 cm³/mol. The van der Waals surface area contributed by atoms with E-state index >= 15 is 0 Å². The van der Waals surface area contributed by atoms with Crippen LogP contribution in [0.25, 0.3) is 0 Å². The fraction of sp³-hybridized carbons (Fsp3) is 0.643. The number of carbonyl (C=O) groups is 1. The molecule has 1 aromatic heterocycles. The second-order valence-corrected chi connectivity index (χ2v) is 6.49. The normalized spacial score (nSPS) is 20.3. The van der Waals surface area contributed by atoms with Crippen molar-refractivity contribution in [3.05, 3.63) is 22.4 Å². The van der Waals surface area contributed by atoms with Crippen LogP contribution in [-0.4, -0.2) is 25.5 Å². The van der Waals surface area contributed by atoms with Gasteiger partial charge in [0, 0.05) is 11.4 Å². The summed E-state index contributed by atoms with van der Waals surface area (Å²) in [6.07, 6.45) is 2.28. The van der Waals surface area contributed by atoms with Crippen molar-refractivity contribution in [3.63, 3.8) is 0 Å². The maximum absolute atomic E-state index is 12.1. The molecule has 1 saturated heterocycles. The van der Waals surface area contributed by atoms with Crippen LogP contribution in [0.4, 0.5) is 0 Å². The fourth-order valence-electron chi connectivity index (χ4n) is 2.33. The van der Waals surface area contributed by atoms with E-state index in [1.165, 1.54) is 0 Å². The molecule has 100 valence electrons. The molecule has 0 saturated carbocycles. The van der Waals surface area contributed by atoms with Gasteiger partial charge in [0.15, 0.2) is 0 Å². The number of hydrogen-bond acceptors (Lipinski definition) is 3. The molecule has 0 bridgehead atoms. The summed E-state index contributed by atoms with van der Waals surface area (Å²) in [4.78, 5) is 13.2. The molecular weight excluding hydrogens is 244 g/mol. The summed E-state index contributed by atoms with van der Waals surface area (Å²) in [7, 11) is 0. The van der Waals surface area contributed by atoms with E-state index in [9.17, 15) is 4.79 Å². The first-order valence-electron chi connectivity index (χ1n) is 6.63. The molecule has 1 amide bonds. The van der Waals surface area contributed by atoms with Crippen molar-refractivity contribution in [2.45, 2.75) is 32.6 Å². The van der Waals surface area contributed by atoms with Crippen LogP contribution in [0.3, 0.4) is 0 Å². The Morgan fingerprint density at radius 1 is 1.56 bits per heavy atom. The monoisotopic (exact) mass is 266 g/mol. The Bertz CT molecular complexity index is 383. The van der Waals surface area contributed by atoms with Crippen molar-refractivity contribution in [1.82, 2.24) is 10.6 Å². The third-order valence-corrected chi connectivity index (χ3v) is 4.92. The van der Waals surface area contributed by atoms with E-state index in [1.807, 2.05) is 24.4 Å². The Labute approximate surface area is 113 Å². The van der Waals surface area contributed by atoms with Crippen molar-refractivity contribution < 1.29 is 4.79 Å². The van der Waals surface area contributed by atoms with Gasteiger partial charge in [0.25, 0.3) is 0 Å². The lowest BCUT2D eigenvalue weighted by Crippen LogP contribution is -2.43. The second-order valence-electron chi connectivity index (χ2n) is 5.52. The van der Waals surface area contributed by atoms with E-state index in [-0.39, 0.29) is 17.2 Å². The summed E-state index contributed by atoms with van der Waals surface area (Å²) in [5.74, 6) is 0.118. The first-order valence-corrected chi connectivity index (χ1v) is 7.50. The van der Waals surface area contributed by atoms with Crippen molar-refractivity contribution in [3.8, 4) is 0 Å². The van der Waals surface area contributed by atoms with Gasteiger partial charge in [-0.05, 0) is 49.7 Å². The van der Waals surface area contributed by atoms with Gasteiger partial charge in [-0.3, -0.25) is 4.79 Å². The van der Waals surface area contributed by atoms with Gasteiger partial charge in [-0.15, -0.1) is 11.3 Å². The summed E-state index contributed by atoms with van der Waals surface area (Å²) in [6, 6.07) is 4.03. The molecule has 1 atom stereocenters. The van der Waals surface area contributed by atoms with Gasteiger partial charge in [-0.2, -0.15) is 0 Å². The van der Waals surface area contributed by atoms with Crippen molar-refractivity contribution in [2.75, 3.05) is 19.6 Å². The third kappa shape index (κ3) is 3.33. The number of nitrogens with one attached hydrogen (secondary N) is 2. The molecule has 4 heteroatoms. The Morgan fingerprint density at radius 2 is 2.28 bits per heavy atom. The molecule has 1 fully saturated rings. The average molecular weight is 266 g/mol. The zero-order valence-electron chi connectivity index (χ0n) is 11.2. The zero-order valence-corrected chi connectivity index (χ0v) is 12.0. The van der Waals surface area contributed by atoms with Crippen LogP contribution in [0.1, 0.15) is 37.5 Å². The minimum atomic E-state index is -0.0321. The molecular formula is C14H22N2OS. The van der Waals surface area contributed by atoms with Crippen LogP contribution in [0, 0.1) is 5.41 Å². The third-order valence-electron chi connectivity index (χ3n) is 3.86. The van der Waals surface area contributed by atoms with E-state index in [0.29, 0.717) is 0 Å². The highest BCUT2D eigenvalue weighted by Crippen LogP contribution is 2.27. The maximum Gasteiger partial charge on any atom is 0.228 e. The van der Waals surface area contributed by atoms with Crippen LogP contribution < -0.4 is 10.6 Å². The van der Waals surface area contributed by atoms with Crippen LogP contribution in [-0.2, 0) is 4.79 Å². The summed E-state index contributed by atoms with van der Waals surface area (Å²) >= 11 is 1.65. The lowest BCUT2D eigenvalue weighted by atomic mass is 9.81. The molecule has 2 heterocycles. The number of amides is 1. The lowest BCUT2D eigenvalue weighted by Gasteiger charge is -2.34. The number of piperidine rings is 1. The van der Waals surface area contributed by atoms with Crippen LogP contribution in [0.5, 0.6) is 0 Å². The molecule has 0 radical (unpaired) electrons. The Kier molecular flexibility index (Phi) is 4.40. The van der Waals surface area contributed by atoms with Crippen LogP contribution in [0.15, 0.2) is 17.5 Å². The van der Waals surface area contributed by atoms with E-state index in [1.54, 1.807) is 11.3 Å². The molecule has 3 nitrogen and oxygen atoms in total. The highest BCUT2D eigenvalue weighted by atomic mass is 32.1. The molecule has 0 aliphatic carbocycles. The number of rotatable bonds is 4. The first-order chi connectivity index (χ1) is 8.61. The molecule has 1 aliphatic heterocycles. The maximum atomic E-state index is 12.1. The minimum absolute atomic E-state index is 0.0321. The number of carbonyl (C=O) groups excluding carboxylic acids is 1. The van der Waals surface area contributed by atoms with E-state index < -0.39 is 0 Å². The van der Waals surface area contributed by atoms with Gasteiger partial charge >= 0.3 is 0 Å². The van der Waals surface area contributed by atoms with Crippen LogP contribution >= 0.6 is 11.3 Å². The first kappa shape index (κ1) is 13.6. The van der Waals surface area contributed by atoms with Gasteiger partial charge in [0.2, 0.25) is 5.91 Å². The minimum Gasteiger partial charge on any atom is -0.355 e. The summed E-state index contributed by atoms with van der Waals surface area (Å²) in [5, 5.41) is 8.50. The van der Waals surface area contributed by atoms with Crippen molar-refractivity contribution >= 4 is 17.2 Å². The largest absolute Gasteiger partial charge is 0.355 e. The van der Waals surface area contributed by atoms with Gasteiger partial charge in [0.1, 0.15) is 0 Å². The van der Waals surface area contributed by atoms with Gasteiger partial charge < -0.3 is 10.6 Å². The van der Waals surface area contributed by atoms with Gasteiger partial charge in [-0.1, -0.05) is 13.0 Å². The lowest BCUT2D eigenvalue weighted by molar-refractivity contribution is -0.122. The number of hydrogen-bond donors (Lipinski definition) is 2. The smallest absolute Gasteiger partial charge is 0.228 e. The molecule has 2 rings (SSSR count). The molecule has 1 aromatic rings. The van der Waals surface area contributed by atoms with Gasteiger partial charge in [-0.25, -0.2) is 0 Å². The van der Waals surface area contributed by atoms with E-state index in [4.69, 9.17) is 0 Å². The average Bonchev–Trinajstić information content (AvgIpc) is 2.90. The quantitative estimate of drug-likeness (QED) is 0.878. The fourth-order valence-corrected chi connectivity index (χ4v) is 3.11. The second kappa shape index (κ2) is 5.85. The SMILES string of the molecule is CC(C(=O)NCC1(C)CCNCC1)c1cccs1. The highest BCUT2D eigenvalue weighted by Gasteiger charge is 2.28. The molecule has 2 N–H and O–H groups in total. The molecule has 1 unspecified atom stereocenters. The summed E-state index contributed by atoms with van der Waals surface area (Å²) < 4.78 is 0. The predicted octanol–water partition coefficient (Wildman–Crippen LogP) is 2.36. The Hall–Kier alpha value is -0.870. The number of thiophene rings is 1. The Balaban J connectivity index is 1.84. The Morgan fingerprint density at radius 3 is 2.89 bits per heavy atom. The van der Waals surface area contributed by atoms with Crippen molar-refractivity contribution in [2.24, 2.45) is 5.41 Å². The summed E-state index contributed by atoms with van der Waals surface area (Å²) in [6.45, 7) is 7.17. The zero-order chi connectivity index (χ0) is 13.0. The van der Waals surface area contributed by atoms with E-state index in [2.05, 4.69) is 17.6 Å². The standard InChI is InChI=1S/C14H22N2OS/c1-11(12-4-3-9-18-12)13(17)16-10-14(2)5-7-15-8-6-14/h3-4,9,11,15H,5-8,10H2,1-2H3,(H,16,17). The summed E-state index contributed by atoms with van der Waals surface area (Å²) in [5.41, 5.74) is 0.260. The van der Waals surface area contributed by atoms with Gasteiger partial charge in [0.05, 0.1) is 5.92 Å². The van der Waals surface area contributed by atoms with Crippen molar-refractivity contribution in [1.29, 1.82) is 0 Å². The van der Waals surface area contributed by atoms with Crippen LogP contribution in [0.2, 0.25) is 0 Å².